The Kier molecular flexibility index (Phi) is 4.61. The Morgan fingerprint density at radius 3 is 2.58 bits per heavy atom. The average Bonchev–Trinajstić information content (AvgIpc) is 2.38. The topological polar surface area (TPSA) is 12.0 Å². The van der Waals surface area contributed by atoms with E-state index in [9.17, 15) is 4.39 Å². The van der Waals surface area contributed by atoms with E-state index in [2.05, 4.69) is 21.2 Å². The molecule has 0 radical (unpaired) electrons. The Bertz CT molecular complexity index is 601. The fourth-order valence-electron chi connectivity index (χ4n) is 2.12. The molecule has 19 heavy (non-hydrogen) atoms. The molecule has 2 rings (SSSR count). The van der Waals surface area contributed by atoms with Crippen molar-refractivity contribution in [3.05, 3.63) is 68.4 Å². The summed E-state index contributed by atoms with van der Waals surface area (Å²) in [4.78, 5) is 0. The SMILES string of the molecule is CNC(c1ccc(Cl)c(Br)c1)c1cc(F)ccc1C. The van der Waals surface area contributed by atoms with Crippen LogP contribution < -0.4 is 5.32 Å². The van der Waals surface area contributed by atoms with E-state index in [1.54, 1.807) is 12.1 Å². The lowest BCUT2D eigenvalue weighted by Crippen LogP contribution is -2.19. The van der Waals surface area contributed by atoms with Crippen molar-refractivity contribution in [3.63, 3.8) is 0 Å². The van der Waals surface area contributed by atoms with Gasteiger partial charge in [0.05, 0.1) is 11.1 Å². The molecule has 0 amide bonds. The summed E-state index contributed by atoms with van der Waals surface area (Å²) < 4.78 is 14.3. The molecule has 0 spiro atoms. The number of halogens is 3. The molecule has 0 aromatic heterocycles. The van der Waals surface area contributed by atoms with Gasteiger partial charge in [0.25, 0.3) is 0 Å². The van der Waals surface area contributed by atoms with Crippen LogP contribution in [0.5, 0.6) is 0 Å². The predicted octanol–water partition coefficient (Wildman–Crippen LogP) is 4.86. The van der Waals surface area contributed by atoms with E-state index in [4.69, 9.17) is 11.6 Å². The predicted molar refractivity (Wildman–Crippen MR) is 81.2 cm³/mol. The molecule has 2 aromatic rings. The van der Waals surface area contributed by atoms with E-state index >= 15 is 0 Å². The highest BCUT2D eigenvalue weighted by molar-refractivity contribution is 9.10. The van der Waals surface area contributed by atoms with Gasteiger partial charge in [-0.3, -0.25) is 0 Å². The number of hydrogen-bond acceptors (Lipinski definition) is 1. The lowest BCUT2D eigenvalue weighted by Gasteiger charge is -2.20. The quantitative estimate of drug-likeness (QED) is 0.840. The molecule has 0 saturated heterocycles. The summed E-state index contributed by atoms with van der Waals surface area (Å²) in [7, 11) is 1.86. The molecule has 4 heteroatoms. The molecule has 0 aliphatic rings. The summed E-state index contributed by atoms with van der Waals surface area (Å²) in [6, 6.07) is 10.5. The van der Waals surface area contributed by atoms with Crippen molar-refractivity contribution in [3.8, 4) is 0 Å². The average molecular weight is 343 g/mol. The van der Waals surface area contributed by atoms with E-state index in [0.717, 1.165) is 21.2 Å². The molecular weight excluding hydrogens is 329 g/mol. The fourth-order valence-corrected chi connectivity index (χ4v) is 2.63. The first-order valence-corrected chi connectivity index (χ1v) is 7.08. The van der Waals surface area contributed by atoms with Gasteiger partial charge < -0.3 is 5.32 Å². The maximum absolute atomic E-state index is 13.4. The van der Waals surface area contributed by atoms with Gasteiger partial charge in [-0.2, -0.15) is 0 Å². The second kappa shape index (κ2) is 6.04. The van der Waals surface area contributed by atoms with Crippen LogP contribution in [0.3, 0.4) is 0 Å². The minimum atomic E-state index is -0.228. The summed E-state index contributed by atoms with van der Waals surface area (Å²) in [5, 5.41) is 3.88. The first-order chi connectivity index (χ1) is 9.02. The van der Waals surface area contributed by atoms with Gasteiger partial charge in [0.15, 0.2) is 0 Å². The van der Waals surface area contributed by atoms with E-state index in [1.165, 1.54) is 6.07 Å². The largest absolute Gasteiger partial charge is 0.309 e. The molecule has 0 aliphatic carbocycles. The smallest absolute Gasteiger partial charge is 0.123 e. The van der Waals surface area contributed by atoms with Crippen molar-refractivity contribution in [2.24, 2.45) is 0 Å². The van der Waals surface area contributed by atoms with Crippen molar-refractivity contribution in [1.82, 2.24) is 5.32 Å². The molecule has 1 N–H and O–H groups in total. The van der Waals surface area contributed by atoms with Gasteiger partial charge in [0, 0.05) is 4.47 Å². The Morgan fingerprint density at radius 2 is 1.95 bits per heavy atom. The van der Waals surface area contributed by atoms with Crippen LogP contribution in [0, 0.1) is 12.7 Å². The monoisotopic (exact) mass is 341 g/mol. The Morgan fingerprint density at radius 1 is 1.21 bits per heavy atom. The molecule has 1 unspecified atom stereocenters. The van der Waals surface area contributed by atoms with Gasteiger partial charge in [-0.15, -0.1) is 0 Å². The summed E-state index contributed by atoms with van der Waals surface area (Å²) in [6.07, 6.45) is 0. The number of hydrogen-bond donors (Lipinski definition) is 1. The van der Waals surface area contributed by atoms with Gasteiger partial charge >= 0.3 is 0 Å². The van der Waals surface area contributed by atoms with Gasteiger partial charge in [0.2, 0.25) is 0 Å². The fraction of sp³-hybridized carbons (Fsp3) is 0.200. The molecule has 1 nitrogen and oxygen atoms in total. The lowest BCUT2D eigenvalue weighted by molar-refractivity contribution is 0.615. The zero-order valence-electron chi connectivity index (χ0n) is 10.7. The van der Waals surface area contributed by atoms with Gasteiger partial charge in [-0.25, -0.2) is 4.39 Å². The van der Waals surface area contributed by atoms with Crippen LogP contribution >= 0.6 is 27.5 Å². The molecule has 0 saturated carbocycles. The van der Waals surface area contributed by atoms with Crippen LogP contribution in [0.1, 0.15) is 22.7 Å². The van der Waals surface area contributed by atoms with Crippen LogP contribution in [0.15, 0.2) is 40.9 Å². The van der Waals surface area contributed by atoms with Crippen LogP contribution in [0.2, 0.25) is 5.02 Å². The maximum Gasteiger partial charge on any atom is 0.123 e. The summed E-state index contributed by atoms with van der Waals surface area (Å²) in [5.41, 5.74) is 3.01. The molecular formula is C15H14BrClFN. The third-order valence-corrected chi connectivity index (χ3v) is 4.33. The molecule has 0 heterocycles. The van der Waals surface area contributed by atoms with E-state index in [-0.39, 0.29) is 11.9 Å². The van der Waals surface area contributed by atoms with E-state index < -0.39 is 0 Å². The van der Waals surface area contributed by atoms with Gasteiger partial charge in [0.1, 0.15) is 5.82 Å². The summed E-state index contributed by atoms with van der Waals surface area (Å²) >= 11 is 9.42. The van der Waals surface area contributed by atoms with Gasteiger partial charge in [-0.1, -0.05) is 23.7 Å². The van der Waals surface area contributed by atoms with Crippen molar-refractivity contribution < 1.29 is 4.39 Å². The standard InChI is InChI=1S/C15H14BrClFN/c1-9-3-5-11(18)8-12(9)15(19-2)10-4-6-14(17)13(16)7-10/h3-8,15,19H,1-2H3. The van der Waals surface area contributed by atoms with Crippen molar-refractivity contribution in [1.29, 1.82) is 0 Å². The second-order valence-corrected chi connectivity index (χ2v) is 5.66. The minimum absolute atomic E-state index is 0.0655. The van der Waals surface area contributed by atoms with Crippen LogP contribution in [-0.4, -0.2) is 7.05 Å². The highest BCUT2D eigenvalue weighted by atomic mass is 79.9. The van der Waals surface area contributed by atoms with Gasteiger partial charge in [-0.05, 0) is 70.9 Å². The minimum Gasteiger partial charge on any atom is -0.309 e. The van der Waals surface area contributed by atoms with E-state index in [1.807, 2.05) is 32.2 Å². The third kappa shape index (κ3) is 3.16. The van der Waals surface area contributed by atoms with Crippen molar-refractivity contribution in [2.45, 2.75) is 13.0 Å². The zero-order chi connectivity index (χ0) is 14.0. The molecule has 0 aliphatic heterocycles. The first-order valence-electron chi connectivity index (χ1n) is 5.91. The third-order valence-electron chi connectivity index (χ3n) is 3.12. The van der Waals surface area contributed by atoms with E-state index in [0.29, 0.717) is 5.02 Å². The molecule has 0 fully saturated rings. The zero-order valence-corrected chi connectivity index (χ0v) is 13.0. The number of aryl methyl sites for hydroxylation is 1. The normalized spacial score (nSPS) is 12.5. The maximum atomic E-state index is 13.4. The Hall–Kier alpha value is -0.900. The Labute approximate surface area is 125 Å². The summed E-state index contributed by atoms with van der Waals surface area (Å²) in [5.74, 6) is -0.228. The Balaban J connectivity index is 2.49. The highest BCUT2D eigenvalue weighted by Crippen LogP contribution is 2.30. The number of rotatable bonds is 3. The van der Waals surface area contributed by atoms with Crippen molar-refractivity contribution >= 4 is 27.5 Å². The second-order valence-electron chi connectivity index (χ2n) is 4.40. The molecule has 2 aromatic carbocycles. The number of nitrogens with one attached hydrogen (secondary N) is 1. The van der Waals surface area contributed by atoms with Crippen LogP contribution in [0.4, 0.5) is 4.39 Å². The van der Waals surface area contributed by atoms with Crippen LogP contribution in [-0.2, 0) is 0 Å². The number of benzene rings is 2. The molecule has 100 valence electrons. The van der Waals surface area contributed by atoms with Crippen LogP contribution in [0.25, 0.3) is 0 Å². The summed E-state index contributed by atoms with van der Waals surface area (Å²) in [6.45, 7) is 1.98. The first kappa shape index (κ1) is 14.5. The highest BCUT2D eigenvalue weighted by Gasteiger charge is 2.16. The molecule has 0 bridgehead atoms. The molecule has 1 atom stereocenters. The van der Waals surface area contributed by atoms with Crippen molar-refractivity contribution in [2.75, 3.05) is 7.05 Å². The lowest BCUT2D eigenvalue weighted by atomic mass is 9.95.